The lowest BCUT2D eigenvalue weighted by Gasteiger charge is -2.27. The van der Waals surface area contributed by atoms with E-state index in [4.69, 9.17) is 0 Å². The molecule has 1 aromatic rings. The van der Waals surface area contributed by atoms with Crippen LogP contribution in [0.4, 0.5) is 0 Å². The Kier molecular flexibility index (Phi) is 5.63. The summed E-state index contributed by atoms with van der Waals surface area (Å²) < 4.78 is 0. The molecule has 0 radical (unpaired) electrons. The zero-order valence-corrected chi connectivity index (χ0v) is 15.5. The van der Waals surface area contributed by atoms with E-state index in [2.05, 4.69) is 0 Å². The van der Waals surface area contributed by atoms with E-state index in [1.54, 1.807) is 18.2 Å². The van der Waals surface area contributed by atoms with Gasteiger partial charge in [-0.1, -0.05) is 19.4 Å². The minimum Gasteiger partial charge on any atom is -0.300 e. The van der Waals surface area contributed by atoms with Crippen molar-refractivity contribution in [3.05, 3.63) is 34.9 Å². The van der Waals surface area contributed by atoms with Crippen molar-refractivity contribution in [1.82, 2.24) is 4.90 Å². The maximum Gasteiger partial charge on any atom is 0.262 e. The average Bonchev–Trinajstić information content (AvgIpc) is 2.89. The molecule has 3 rings (SSSR count). The van der Waals surface area contributed by atoms with Crippen molar-refractivity contribution in [2.24, 2.45) is 0 Å². The molecule has 2 aliphatic rings. The Morgan fingerprint density at radius 2 is 1.81 bits per heavy atom. The number of nitrogens with zero attached hydrogens (tertiary/aromatic N) is 1. The molecule has 1 fully saturated rings. The third-order valence-corrected chi connectivity index (χ3v) is 5.24. The first kappa shape index (κ1) is 19.1. The van der Waals surface area contributed by atoms with E-state index in [0.29, 0.717) is 19.3 Å². The van der Waals surface area contributed by atoms with Crippen LogP contribution in [0, 0.1) is 0 Å². The fourth-order valence-corrected chi connectivity index (χ4v) is 3.66. The van der Waals surface area contributed by atoms with Gasteiger partial charge in [-0.25, -0.2) is 0 Å². The van der Waals surface area contributed by atoms with Gasteiger partial charge in [-0.2, -0.15) is 0 Å². The summed E-state index contributed by atoms with van der Waals surface area (Å²) in [5.41, 5.74) is 1.39. The topological polar surface area (TPSA) is 88.6 Å². The second-order valence-corrected chi connectivity index (χ2v) is 7.24. The smallest absolute Gasteiger partial charge is 0.262 e. The number of unbranched alkanes of at least 4 members (excludes halogenated alkanes) is 1. The monoisotopic (exact) mass is 369 g/mol. The molecule has 0 N–H and O–H groups in total. The van der Waals surface area contributed by atoms with Gasteiger partial charge in [0.2, 0.25) is 0 Å². The first-order valence-corrected chi connectivity index (χ1v) is 9.49. The van der Waals surface area contributed by atoms with Crippen LogP contribution in [0.25, 0.3) is 0 Å². The van der Waals surface area contributed by atoms with Crippen LogP contribution in [0.3, 0.4) is 0 Å². The van der Waals surface area contributed by atoms with E-state index in [9.17, 15) is 24.0 Å². The summed E-state index contributed by atoms with van der Waals surface area (Å²) in [6.07, 6.45) is 3.53. The number of carbonyl (C=O) groups is 5. The normalized spacial score (nSPS) is 19.6. The van der Waals surface area contributed by atoms with Crippen LogP contribution in [-0.2, 0) is 20.8 Å². The predicted octanol–water partition coefficient (Wildman–Crippen LogP) is 2.67. The molecule has 1 aliphatic heterocycles. The highest BCUT2D eigenvalue weighted by atomic mass is 16.2. The molecule has 142 valence electrons. The molecule has 2 amide bonds. The summed E-state index contributed by atoms with van der Waals surface area (Å²) in [4.78, 5) is 61.8. The maximum absolute atomic E-state index is 12.8. The van der Waals surface area contributed by atoms with Crippen molar-refractivity contribution in [2.75, 3.05) is 0 Å². The molecule has 0 aromatic heterocycles. The Balaban J connectivity index is 1.74. The number of aryl methyl sites for hydroxylation is 1. The number of imide groups is 1. The number of benzene rings is 1. The van der Waals surface area contributed by atoms with Gasteiger partial charge in [0.15, 0.2) is 5.78 Å². The van der Waals surface area contributed by atoms with Crippen LogP contribution in [0.15, 0.2) is 18.2 Å². The summed E-state index contributed by atoms with van der Waals surface area (Å²) >= 11 is 0. The molecule has 0 spiro atoms. The minimum absolute atomic E-state index is 0.150. The standard InChI is InChI=1S/C21H23NO5/c1-2-3-4-14(23)7-5-13-6-9-16-17(11-13)21(27)22(20(16)26)18-10-8-15(24)12-19(18)25/h6,9,11,18H,2-5,7-8,10,12H2,1H3. The Morgan fingerprint density at radius 1 is 1.07 bits per heavy atom. The lowest BCUT2D eigenvalue weighted by molar-refractivity contribution is -0.132. The van der Waals surface area contributed by atoms with Gasteiger partial charge in [0.05, 0.1) is 23.6 Å². The van der Waals surface area contributed by atoms with E-state index in [1.807, 2.05) is 6.92 Å². The number of rotatable bonds is 7. The molecule has 0 bridgehead atoms. The van der Waals surface area contributed by atoms with Crippen LogP contribution in [-0.4, -0.2) is 40.1 Å². The van der Waals surface area contributed by atoms with E-state index < -0.39 is 17.9 Å². The number of hydrogen-bond acceptors (Lipinski definition) is 5. The highest BCUT2D eigenvalue weighted by Crippen LogP contribution is 2.29. The van der Waals surface area contributed by atoms with Gasteiger partial charge < -0.3 is 0 Å². The lowest BCUT2D eigenvalue weighted by Crippen LogP contribution is -2.47. The Bertz CT molecular complexity index is 826. The van der Waals surface area contributed by atoms with Gasteiger partial charge in [-0.3, -0.25) is 28.9 Å². The zero-order chi connectivity index (χ0) is 19.6. The molecule has 1 unspecified atom stereocenters. The first-order chi connectivity index (χ1) is 12.9. The molecule has 27 heavy (non-hydrogen) atoms. The van der Waals surface area contributed by atoms with Crippen molar-refractivity contribution in [2.45, 2.75) is 64.3 Å². The number of amides is 2. The average molecular weight is 369 g/mol. The molecule has 1 saturated carbocycles. The largest absolute Gasteiger partial charge is 0.300 e. The highest BCUT2D eigenvalue weighted by molar-refractivity contribution is 6.23. The number of hydrogen-bond donors (Lipinski definition) is 0. The zero-order valence-electron chi connectivity index (χ0n) is 15.5. The van der Waals surface area contributed by atoms with Gasteiger partial charge in [-0.05, 0) is 37.0 Å². The minimum atomic E-state index is -0.853. The fourth-order valence-electron chi connectivity index (χ4n) is 3.66. The van der Waals surface area contributed by atoms with E-state index in [0.717, 1.165) is 23.3 Å². The third-order valence-electron chi connectivity index (χ3n) is 5.24. The summed E-state index contributed by atoms with van der Waals surface area (Å²) in [5.74, 6) is -1.29. The van der Waals surface area contributed by atoms with Crippen LogP contribution in [0.1, 0.15) is 78.1 Å². The quantitative estimate of drug-likeness (QED) is 0.545. The van der Waals surface area contributed by atoms with Gasteiger partial charge >= 0.3 is 0 Å². The summed E-state index contributed by atoms with van der Waals surface area (Å²) in [5, 5.41) is 0. The Morgan fingerprint density at radius 3 is 2.52 bits per heavy atom. The van der Waals surface area contributed by atoms with Crippen LogP contribution in [0.5, 0.6) is 0 Å². The second-order valence-electron chi connectivity index (χ2n) is 7.24. The number of fused-ring (bicyclic) bond motifs is 1. The SMILES string of the molecule is CCCCC(=O)CCc1ccc2c(c1)C(=O)N(C1CCC(=O)CC1=O)C2=O. The molecule has 6 heteroatoms. The molecule has 1 aliphatic carbocycles. The molecular formula is C21H23NO5. The Hall–Kier alpha value is -2.63. The summed E-state index contributed by atoms with van der Waals surface area (Å²) in [6, 6.07) is 4.16. The molecule has 6 nitrogen and oxygen atoms in total. The highest BCUT2D eigenvalue weighted by Gasteiger charge is 2.44. The van der Waals surface area contributed by atoms with E-state index in [-0.39, 0.29) is 47.7 Å². The lowest BCUT2D eigenvalue weighted by atomic mass is 9.92. The van der Waals surface area contributed by atoms with Gasteiger partial charge in [0.1, 0.15) is 11.6 Å². The summed E-state index contributed by atoms with van der Waals surface area (Å²) in [6.45, 7) is 2.04. The fraction of sp³-hybridized carbons (Fsp3) is 0.476. The van der Waals surface area contributed by atoms with E-state index in [1.165, 1.54) is 0 Å². The van der Waals surface area contributed by atoms with Crippen molar-refractivity contribution in [3.63, 3.8) is 0 Å². The second kappa shape index (κ2) is 7.94. The van der Waals surface area contributed by atoms with Gasteiger partial charge in [0, 0.05) is 19.3 Å². The molecular weight excluding hydrogens is 346 g/mol. The van der Waals surface area contributed by atoms with Crippen LogP contribution in [0.2, 0.25) is 0 Å². The first-order valence-electron chi connectivity index (χ1n) is 9.49. The number of Topliss-reactive ketones (excluding diaryl/α,β-unsaturated/α-hetero) is 3. The van der Waals surface area contributed by atoms with Crippen molar-refractivity contribution in [3.8, 4) is 0 Å². The number of ketones is 3. The van der Waals surface area contributed by atoms with Crippen LogP contribution >= 0.6 is 0 Å². The maximum atomic E-state index is 12.8. The molecule has 1 aromatic carbocycles. The predicted molar refractivity (Wildman–Crippen MR) is 97.4 cm³/mol. The van der Waals surface area contributed by atoms with Crippen molar-refractivity contribution < 1.29 is 24.0 Å². The van der Waals surface area contributed by atoms with Crippen molar-refractivity contribution >= 4 is 29.2 Å². The molecule has 1 atom stereocenters. The molecule has 1 heterocycles. The molecule has 0 saturated heterocycles. The van der Waals surface area contributed by atoms with E-state index >= 15 is 0 Å². The van der Waals surface area contributed by atoms with Gasteiger partial charge in [0.25, 0.3) is 11.8 Å². The Labute approximate surface area is 157 Å². The van der Waals surface area contributed by atoms with Gasteiger partial charge in [-0.15, -0.1) is 0 Å². The van der Waals surface area contributed by atoms with Crippen molar-refractivity contribution in [1.29, 1.82) is 0 Å². The summed E-state index contributed by atoms with van der Waals surface area (Å²) in [7, 11) is 0. The number of carbonyl (C=O) groups excluding carboxylic acids is 5. The third kappa shape index (κ3) is 3.89. The van der Waals surface area contributed by atoms with Crippen LogP contribution < -0.4 is 0 Å².